The number of aryl methyl sites for hydroxylation is 2. The molecule has 1 aliphatic heterocycles. The van der Waals surface area contributed by atoms with Crippen molar-refractivity contribution in [2.75, 3.05) is 13.1 Å². The Morgan fingerprint density at radius 1 is 1.36 bits per heavy atom. The van der Waals surface area contributed by atoms with E-state index >= 15 is 0 Å². The van der Waals surface area contributed by atoms with Gasteiger partial charge in [-0.2, -0.15) is 5.10 Å². The third-order valence-electron chi connectivity index (χ3n) is 5.11. The van der Waals surface area contributed by atoms with Crippen LogP contribution in [0.1, 0.15) is 54.1 Å². The van der Waals surface area contributed by atoms with Crippen molar-refractivity contribution in [3.63, 3.8) is 0 Å². The number of likely N-dealkylation sites (tertiary alicyclic amines) is 1. The van der Waals surface area contributed by atoms with Crippen molar-refractivity contribution in [3.8, 4) is 0 Å². The fourth-order valence-electron chi connectivity index (χ4n) is 3.46. The number of hydrogen-bond acceptors (Lipinski definition) is 2. The fraction of sp³-hybridized carbons (Fsp3) is 0.474. The van der Waals surface area contributed by atoms with Crippen molar-refractivity contribution in [2.45, 2.75) is 45.6 Å². The molecule has 0 aliphatic carbocycles. The van der Waals surface area contributed by atoms with Crippen LogP contribution in [0.5, 0.6) is 0 Å². The zero-order valence-electron chi connectivity index (χ0n) is 15.0. The number of rotatable bonds is 3. The molecule has 1 aromatic carbocycles. The Morgan fingerprint density at radius 3 is 2.68 bits per heavy atom. The van der Waals surface area contributed by atoms with E-state index in [9.17, 15) is 9.18 Å². The number of piperidine rings is 1. The number of aromatic amines is 1. The first-order valence-electron chi connectivity index (χ1n) is 8.77. The van der Waals surface area contributed by atoms with E-state index in [4.69, 9.17) is 0 Å². The molecule has 6 heteroatoms. The Kier molecular flexibility index (Phi) is 5.06. The molecule has 0 radical (unpaired) electrons. The summed E-state index contributed by atoms with van der Waals surface area (Å²) in [7, 11) is 0. The highest BCUT2D eigenvalue weighted by Gasteiger charge is 2.26. The van der Waals surface area contributed by atoms with E-state index < -0.39 is 0 Å². The predicted molar refractivity (Wildman–Crippen MR) is 95.0 cm³/mol. The molecule has 134 valence electrons. The highest BCUT2D eigenvalue weighted by molar-refractivity contribution is 5.74. The number of aromatic nitrogens is 2. The highest BCUT2D eigenvalue weighted by atomic mass is 19.1. The standard InChI is InChI=1S/C19H25FN4O/c1-12-10-16(4-5-18(12)20)13(2)22-19(25)24-8-6-15(7-9-24)17-11-21-23-14(17)3/h4-5,10-11,13,15H,6-9H2,1-3H3,(H,21,23)(H,22,25)/t13-/m1/s1. The van der Waals surface area contributed by atoms with Crippen LogP contribution < -0.4 is 5.32 Å². The molecular weight excluding hydrogens is 319 g/mol. The number of carbonyl (C=O) groups is 1. The van der Waals surface area contributed by atoms with Crippen LogP contribution in [0, 0.1) is 19.7 Å². The van der Waals surface area contributed by atoms with Crippen molar-refractivity contribution in [1.29, 1.82) is 0 Å². The van der Waals surface area contributed by atoms with Crippen molar-refractivity contribution in [2.24, 2.45) is 0 Å². The number of benzene rings is 1. The molecule has 1 aliphatic rings. The number of halogens is 1. The second kappa shape index (κ2) is 7.25. The van der Waals surface area contributed by atoms with Crippen LogP contribution in [0.4, 0.5) is 9.18 Å². The molecule has 0 saturated carbocycles. The summed E-state index contributed by atoms with van der Waals surface area (Å²) in [5, 5.41) is 10.1. The fourth-order valence-corrected chi connectivity index (χ4v) is 3.46. The lowest BCUT2D eigenvalue weighted by Crippen LogP contribution is -2.44. The monoisotopic (exact) mass is 344 g/mol. The van der Waals surface area contributed by atoms with Gasteiger partial charge in [0.1, 0.15) is 5.82 Å². The first-order chi connectivity index (χ1) is 12.0. The molecule has 0 spiro atoms. The van der Waals surface area contributed by atoms with E-state index in [2.05, 4.69) is 15.5 Å². The van der Waals surface area contributed by atoms with E-state index in [1.165, 1.54) is 11.6 Å². The predicted octanol–water partition coefficient (Wildman–Crippen LogP) is 3.82. The van der Waals surface area contributed by atoms with Gasteiger partial charge in [-0.1, -0.05) is 12.1 Å². The second-order valence-electron chi connectivity index (χ2n) is 6.89. The summed E-state index contributed by atoms with van der Waals surface area (Å²) in [5.74, 6) is 0.235. The van der Waals surface area contributed by atoms with E-state index in [-0.39, 0.29) is 17.9 Å². The van der Waals surface area contributed by atoms with Gasteiger partial charge < -0.3 is 10.2 Å². The van der Waals surface area contributed by atoms with Crippen molar-refractivity contribution >= 4 is 6.03 Å². The molecular formula is C19H25FN4O. The first-order valence-corrected chi connectivity index (χ1v) is 8.77. The SMILES string of the molecule is Cc1cc([C@@H](C)NC(=O)N2CCC(c3cn[nH]c3C)CC2)ccc1F. The Hall–Kier alpha value is -2.37. The normalized spacial score (nSPS) is 16.7. The maximum Gasteiger partial charge on any atom is 0.317 e. The Morgan fingerprint density at radius 2 is 2.08 bits per heavy atom. The lowest BCUT2D eigenvalue weighted by molar-refractivity contribution is 0.178. The highest BCUT2D eigenvalue weighted by Crippen LogP contribution is 2.29. The zero-order valence-corrected chi connectivity index (χ0v) is 15.0. The minimum absolute atomic E-state index is 0.0585. The smallest absolute Gasteiger partial charge is 0.317 e. The van der Waals surface area contributed by atoms with Crippen LogP contribution in [0.2, 0.25) is 0 Å². The van der Waals surface area contributed by atoms with Crippen LogP contribution in [-0.2, 0) is 0 Å². The van der Waals surface area contributed by atoms with E-state index in [1.807, 2.05) is 24.9 Å². The van der Waals surface area contributed by atoms with Gasteiger partial charge in [-0.3, -0.25) is 5.10 Å². The lowest BCUT2D eigenvalue weighted by Gasteiger charge is -2.33. The number of H-pyrrole nitrogens is 1. The minimum Gasteiger partial charge on any atom is -0.331 e. The Bertz CT molecular complexity index is 750. The molecule has 0 bridgehead atoms. The van der Waals surface area contributed by atoms with Crippen molar-refractivity contribution in [3.05, 3.63) is 52.6 Å². The average Bonchev–Trinajstić information content (AvgIpc) is 3.03. The average molecular weight is 344 g/mol. The van der Waals surface area contributed by atoms with Crippen LogP contribution in [-0.4, -0.2) is 34.2 Å². The third kappa shape index (κ3) is 3.83. The maximum absolute atomic E-state index is 13.4. The quantitative estimate of drug-likeness (QED) is 0.889. The molecule has 1 aromatic heterocycles. The van der Waals surface area contributed by atoms with Crippen LogP contribution in [0.15, 0.2) is 24.4 Å². The molecule has 2 amide bonds. The number of hydrogen-bond donors (Lipinski definition) is 2. The third-order valence-corrected chi connectivity index (χ3v) is 5.11. The molecule has 5 nitrogen and oxygen atoms in total. The summed E-state index contributed by atoms with van der Waals surface area (Å²) in [5.41, 5.74) is 3.88. The van der Waals surface area contributed by atoms with Gasteiger partial charge in [0.25, 0.3) is 0 Å². The molecule has 2 aromatic rings. The molecule has 1 fully saturated rings. The molecule has 2 heterocycles. The van der Waals surface area contributed by atoms with Gasteiger partial charge in [0.05, 0.1) is 12.2 Å². The van der Waals surface area contributed by atoms with Gasteiger partial charge >= 0.3 is 6.03 Å². The summed E-state index contributed by atoms with van der Waals surface area (Å²) < 4.78 is 13.4. The summed E-state index contributed by atoms with van der Waals surface area (Å²) in [4.78, 5) is 14.4. The molecule has 3 rings (SSSR count). The molecule has 25 heavy (non-hydrogen) atoms. The summed E-state index contributed by atoms with van der Waals surface area (Å²) in [6, 6.07) is 4.75. The topological polar surface area (TPSA) is 61.0 Å². The molecule has 2 N–H and O–H groups in total. The molecule has 0 unspecified atom stereocenters. The van der Waals surface area contributed by atoms with Gasteiger partial charge in [0.15, 0.2) is 0 Å². The number of carbonyl (C=O) groups excluding carboxylic acids is 1. The van der Waals surface area contributed by atoms with Gasteiger partial charge in [-0.25, -0.2) is 9.18 Å². The van der Waals surface area contributed by atoms with E-state index in [0.717, 1.165) is 37.2 Å². The lowest BCUT2D eigenvalue weighted by atomic mass is 9.90. The van der Waals surface area contributed by atoms with Gasteiger partial charge in [0, 0.05) is 18.8 Å². The minimum atomic E-state index is -0.223. The number of amides is 2. The number of urea groups is 1. The largest absolute Gasteiger partial charge is 0.331 e. The van der Waals surface area contributed by atoms with Gasteiger partial charge in [-0.05, 0) is 62.3 Å². The molecule has 1 atom stereocenters. The Labute approximate surface area is 147 Å². The Balaban J connectivity index is 1.55. The van der Waals surface area contributed by atoms with Gasteiger partial charge in [0.2, 0.25) is 0 Å². The maximum atomic E-state index is 13.4. The first kappa shape index (κ1) is 17.5. The van der Waals surface area contributed by atoms with Crippen LogP contribution in [0.3, 0.4) is 0 Å². The van der Waals surface area contributed by atoms with E-state index in [0.29, 0.717) is 11.5 Å². The second-order valence-corrected chi connectivity index (χ2v) is 6.89. The van der Waals surface area contributed by atoms with Gasteiger partial charge in [-0.15, -0.1) is 0 Å². The van der Waals surface area contributed by atoms with E-state index in [1.54, 1.807) is 19.1 Å². The summed E-state index contributed by atoms with van der Waals surface area (Å²) >= 11 is 0. The molecule has 1 saturated heterocycles. The van der Waals surface area contributed by atoms with Crippen LogP contribution in [0.25, 0.3) is 0 Å². The number of nitrogens with one attached hydrogen (secondary N) is 2. The summed E-state index contributed by atoms with van der Waals surface area (Å²) in [6.07, 6.45) is 3.78. The van der Waals surface area contributed by atoms with Crippen LogP contribution >= 0.6 is 0 Å². The number of nitrogens with zero attached hydrogens (tertiary/aromatic N) is 2. The summed E-state index contributed by atoms with van der Waals surface area (Å²) in [6.45, 7) is 7.16. The van der Waals surface area contributed by atoms with Crippen molar-refractivity contribution in [1.82, 2.24) is 20.4 Å². The zero-order chi connectivity index (χ0) is 18.0. The van der Waals surface area contributed by atoms with Crippen molar-refractivity contribution < 1.29 is 9.18 Å².